The number of methoxy groups -OCH3 is 1. The van der Waals surface area contributed by atoms with Crippen molar-refractivity contribution in [3.05, 3.63) is 53.2 Å². The number of ether oxygens (including phenoxy) is 1. The standard InChI is InChI=1S/C18H17N5O3/c1-10-17-13(11-3-5-12(24)6-4-11)9-15(25)19-18(17)23(22-10)14-7-8-16(26-2)21-20-14/h3-8,13,24H,9H2,1-2H3,(H,19,25). The lowest BCUT2D eigenvalue weighted by atomic mass is 9.86. The predicted octanol–water partition coefficient (Wildman–Crippen LogP) is 2.16. The van der Waals surface area contributed by atoms with Crippen LogP contribution < -0.4 is 10.1 Å². The summed E-state index contributed by atoms with van der Waals surface area (Å²) in [5.74, 6) is 1.43. The summed E-state index contributed by atoms with van der Waals surface area (Å²) in [6, 6.07) is 10.3. The van der Waals surface area contributed by atoms with Crippen LogP contribution in [0, 0.1) is 6.92 Å². The number of phenols is 1. The topological polar surface area (TPSA) is 102 Å². The van der Waals surface area contributed by atoms with Crippen molar-refractivity contribution in [2.24, 2.45) is 0 Å². The molecule has 1 aliphatic rings. The van der Waals surface area contributed by atoms with Gasteiger partial charge in [-0.25, -0.2) is 0 Å². The summed E-state index contributed by atoms with van der Waals surface area (Å²) in [5, 5.41) is 25.1. The predicted molar refractivity (Wildman–Crippen MR) is 93.6 cm³/mol. The van der Waals surface area contributed by atoms with E-state index in [0.29, 0.717) is 23.9 Å². The SMILES string of the molecule is COc1ccc(-n2nc(C)c3c2NC(=O)CC3c2ccc(O)cc2)nn1. The molecule has 1 aromatic carbocycles. The Hall–Kier alpha value is -3.42. The highest BCUT2D eigenvalue weighted by atomic mass is 16.5. The number of amides is 1. The molecule has 1 atom stereocenters. The number of hydrogen-bond donors (Lipinski definition) is 2. The van der Waals surface area contributed by atoms with Gasteiger partial charge in [0.05, 0.1) is 12.8 Å². The average molecular weight is 351 g/mol. The van der Waals surface area contributed by atoms with Crippen LogP contribution in [0.4, 0.5) is 5.82 Å². The largest absolute Gasteiger partial charge is 0.508 e. The third-order valence-electron chi connectivity index (χ3n) is 4.45. The highest BCUT2D eigenvalue weighted by molar-refractivity contribution is 5.95. The Bertz CT molecular complexity index is 964. The molecule has 2 N–H and O–H groups in total. The summed E-state index contributed by atoms with van der Waals surface area (Å²) < 4.78 is 6.62. The van der Waals surface area contributed by atoms with Crippen molar-refractivity contribution in [1.29, 1.82) is 0 Å². The molecule has 26 heavy (non-hydrogen) atoms. The van der Waals surface area contributed by atoms with Gasteiger partial charge in [-0.1, -0.05) is 12.1 Å². The maximum atomic E-state index is 12.3. The number of aromatic nitrogens is 4. The molecule has 0 radical (unpaired) electrons. The van der Waals surface area contributed by atoms with Gasteiger partial charge in [0.1, 0.15) is 11.6 Å². The third-order valence-corrected chi connectivity index (χ3v) is 4.45. The van der Waals surface area contributed by atoms with E-state index in [1.807, 2.05) is 19.1 Å². The number of carbonyl (C=O) groups excluding carboxylic acids is 1. The Morgan fingerprint density at radius 1 is 1.19 bits per heavy atom. The normalized spacial score (nSPS) is 16.1. The quantitative estimate of drug-likeness (QED) is 0.750. The number of benzene rings is 1. The first-order chi connectivity index (χ1) is 12.6. The second-order valence-electron chi connectivity index (χ2n) is 6.09. The van der Waals surface area contributed by atoms with E-state index in [1.165, 1.54) is 7.11 Å². The van der Waals surface area contributed by atoms with Crippen LogP contribution >= 0.6 is 0 Å². The van der Waals surface area contributed by atoms with Crippen molar-refractivity contribution in [1.82, 2.24) is 20.0 Å². The fourth-order valence-electron chi connectivity index (χ4n) is 3.24. The van der Waals surface area contributed by atoms with E-state index in [2.05, 4.69) is 20.6 Å². The lowest BCUT2D eigenvalue weighted by molar-refractivity contribution is -0.116. The zero-order chi connectivity index (χ0) is 18.3. The van der Waals surface area contributed by atoms with Gasteiger partial charge in [-0.05, 0) is 30.7 Å². The average Bonchev–Trinajstić information content (AvgIpc) is 2.98. The molecular weight excluding hydrogens is 334 g/mol. The fraction of sp³-hybridized carbons (Fsp3) is 0.222. The van der Waals surface area contributed by atoms with Gasteiger partial charge in [0.25, 0.3) is 0 Å². The molecule has 3 aromatic rings. The Morgan fingerprint density at radius 2 is 1.96 bits per heavy atom. The Morgan fingerprint density at radius 3 is 2.62 bits per heavy atom. The minimum absolute atomic E-state index is 0.0989. The van der Waals surface area contributed by atoms with E-state index >= 15 is 0 Å². The van der Waals surface area contributed by atoms with Gasteiger partial charge in [0.2, 0.25) is 11.8 Å². The Labute approximate surface area is 149 Å². The minimum Gasteiger partial charge on any atom is -0.508 e. The molecule has 132 valence electrons. The number of rotatable bonds is 3. The number of carbonyl (C=O) groups is 1. The first-order valence-corrected chi connectivity index (χ1v) is 8.13. The van der Waals surface area contributed by atoms with E-state index in [0.717, 1.165) is 16.8 Å². The molecule has 0 saturated carbocycles. The monoisotopic (exact) mass is 351 g/mol. The third kappa shape index (κ3) is 2.65. The zero-order valence-corrected chi connectivity index (χ0v) is 14.3. The Balaban J connectivity index is 1.82. The van der Waals surface area contributed by atoms with E-state index in [9.17, 15) is 9.90 Å². The van der Waals surface area contributed by atoms with Gasteiger partial charge >= 0.3 is 0 Å². The highest BCUT2D eigenvalue weighted by Crippen LogP contribution is 2.40. The molecule has 0 spiro atoms. The number of anilines is 1. The van der Waals surface area contributed by atoms with Gasteiger partial charge < -0.3 is 15.2 Å². The molecule has 0 aliphatic carbocycles. The van der Waals surface area contributed by atoms with Crippen molar-refractivity contribution >= 4 is 11.7 Å². The summed E-state index contributed by atoms with van der Waals surface area (Å²) in [5.41, 5.74) is 2.69. The zero-order valence-electron chi connectivity index (χ0n) is 14.3. The van der Waals surface area contributed by atoms with Crippen LogP contribution in [0.5, 0.6) is 11.6 Å². The Kier molecular flexibility index (Phi) is 3.80. The number of phenolic OH excluding ortho intramolecular Hbond substituents is 1. The molecule has 1 aliphatic heterocycles. The summed E-state index contributed by atoms with van der Waals surface area (Å²) >= 11 is 0. The molecular formula is C18H17N5O3. The molecule has 8 heteroatoms. The smallest absolute Gasteiger partial charge is 0.233 e. The van der Waals surface area contributed by atoms with E-state index < -0.39 is 0 Å². The summed E-state index contributed by atoms with van der Waals surface area (Å²) in [6.45, 7) is 1.90. The highest BCUT2D eigenvalue weighted by Gasteiger charge is 2.32. The minimum atomic E-state index is -0.140. The van der Waals surface area contributed by atoms with Gasteiger partial charge in [0, 0.05) is 24.0 Å². The molecule has 0 fully saturated rings. The lowest BCUT2D eigenvalue weighted by Gasteiger charge is -2.24. The van der Waals surface area contributed by atoms with Gasteiger partial charge in [0.15, 0.2) is 5.82 Å². The molecule has 4 rings (SSSR count). The summed E-state index contributed by atoms with van der Waals surface area (Å²) in [7, 11) is 1.52. The van der Waals surface area contributed by atoms with Gasteiger partial charge in [-0.15, -0.1) is 10.2 Å². The van der Waals surface area contributed by atoms with E-state index in [4.69, 9.17) is 4.74 Å². The number of hydrogen-bond acceptors (Lipinski definition) is 6. The van der Waals surface area contributed by atoms with Crippen LogP contribution in [-0.4, -0.2) is 38.1 Å². The van der Waals surface area contributed by atoms with Crippen LogP contribution in [0.25, 0.3) is 5.82 Å². The number of aryl methyl sites for hydroxylation is 1. The van der Waals surface area contributed by atoms with E-state index in [1.54, 1.807) is 28.9 Å². The van der Waals surface area contributed by atoms with Crippen molar-refractivity contribution in [2.75, 3.05) is 12.4 Å². The van der Waals surface area contributed by atoms with Gasteiger partial charge in [-0.3, -0.25) is 4.79 Å². The molecule has 2 aromatic heterocycles. The van der Waals surface area contributed by atoms with Crippen LogP contribution in [0.15, 0.2) is 36.4 Å². The van der Waals surface area contributed by atoms with Gasteiger partial charge in [-0.2, -0.15) is 9.78 Å². The summed E-state index contributed by atoms with van der Waals surface area (Å²) in [6.07, 6.45) is 0.318. The number of nitrogens with one attached hydrogen (secondary N) is 1. The molecule has 8 nitrogen and oxygen atoms in total. The number of nitrogens with zero attached hydrogens (tertiary/aromatic N) is 4. The molecule has 3 heterocycles. The number of fused-ring (bicyclic) bond motifs is 1. The summed E-state index contributed by atoms with van der Waals surface area (Å²) in [4.78, 5) is 12.3. The van der Waals surface area contributed by atoms with Crippen molar-refractivity contribution in [2.45, 2.75) is 19.3 Å². The molecule has 1 unspecified atom stereocenters. The second kappa shape index (κ2) is 6.14. The lowest BCUT2D eigenvalue weighted by Crippen LogP contribution is -2.25. The van der Waals surface area contributed by atoms with Crippen molar-refractivity contribution < 1.29 is 14.6 Å². The number of aromatic hydroxyl groups is 1. The van der Waals surface area contributed by atoms with Crippen molar-refractivity contribution in [3.8, 4) is 17.4 Å². The molecule has 1 amide bonds. The second-order valence-corrected chi connectivity index (χ2v) is 6.09. The fourth-order valence-corrected chi connectivity index (χ4v) is 3.24. The first kappa shape index (κ1) is 16.1. The maximum Gasteiger partial charge on any atom is 0.233 e. The first-order valence-electron chi connectivity index (χ1n) is 8.13. The van der Waals surface area contributed by atoms with Crippen LogP contribution in [-0.2, 0) is 4.79 Å². The van der Waals surface area contributed by atoms with Crippen LogP contribution in [0.3, 0.4) is 0 Å². The molecule has 0 saturated heterocycles. The van der Waals surface area contributed by atoms with Crippen LogP contribution in [0.1, 0.15) is 29.2 Å². The molecule has 0 bridgehead atoms. The van der Waals surface area contributed by atoms with Crippen molar-refractivity contribution in [3.63, 3.8) is 0 Å². The van der Waals surface area contributed by atoms with Crippen LogP contribution in [0.2, 0.25) is 0 Å². The van der Waals surface area contributed by atoms with E-state index in [-0.39, 0.29) is 17.6 Å². The maximum absolute atomic E-state index is 12.3.